The molecule has 0 aliphatic heterocycles. The van der Waals surface area contributed by atoms with Crippen LogP contribution in [0.4, 0.5) is 0 Å². The van der Waals surface area contributed by atoms with Crippen molar-refractivity contribution in [2.24, 2.45) is 0 Å². The molecule has 0 aliphatic rings. The number of thiophene rings is 1. The molecule has 0 atom stereocenters. The first-order valence-corrected chi connectivity index (χ1v) is 7.20. The maximum Gasteiger partial charge on any atom is 0.143 e. The van der Waals surface area contributed by atoms with Gasteiger partial charge in [0.2, 0.25) is 0 Å². The zero-order chi connectivity index (χ0) is 12.5. The highest BCUT2D eigenvalue weighted by Gasteiger charge is 2.07. The lowest BCUT2D eigenvalue weighted by Crippen LogP contribution is -2.08. The molecule has 0 saturated heterocycles. The van der Waals surface area contributed by atoms with E-state index in [1.807, 2.05) is 17.5 Å². The zero-order valence-corrected chi connectivity index (χ0v) is 11.3. The average molecular weight is 251 g/mol. The van der Waals surface area contributed by atoms with Gasteiger partial charge in [0, 0.05) is 23.4 Å². The fourth-order valence-corrected chi connectivity index (χ4v) is 2.49. The van der Waals surface area contributed by atoms with Gasteiger partial charge in [-0.15, -0.1) is 11.3 Å². The third-order valence-corrected chi connectivity index (χ3v) is 3.57. The van der Waals surface area contributed by atoms with E-state index in [0.29, 0.717) is 18.6 Å². The molecule has 1 aromatic rings. The van der Waals surface area contributed by atoms with Gasteiger partial charge in [-0.25, -0.2) is 0 Å². The van der Waals surface area contributed by atoms with E-state index in [1.54, 1.807) is 11.3 Å². The van der Waals surface area contributed by atoms with Crippen molar-refractivity contribution < 1.29 is 4.79 Å². The predicted octanol–water partition coefficient (Wildman–Crippen LogP) is 4.24. The molecule has 0 aromatic carbocycles. The number of rotatable bonds is 9. The number of carbonyl (C=O) groups excluding carboxylic acids is 1. The second kappa shape index (κ2) is 8.18. The van der Waals surface area contributed by atoms with Gasteiger partial charge in [-0.3, -0.25) is 4.79 Å². The van der Waals surface area contributed by atoms with Gasteiger partial charge in [0.1, 0.15) is 5.78 Å². The Morgan fingerprint density at radius 2 is 2.18 bits per heavy atom. The summed E-state index contributed by atoms with van der Waals surface area (Å²) < 4.78 is 0. The van der Waals surface area contributed by atoms with Crippen LogP contribution in [0.15, 0.2) is 17.5 Å². The summed E-state index contributed by atoms with van der Waals surface area (Å²) in [4.78, 5) is 12.8. The quantitative estimate of drug-likeness (QED) is 0.517. The van der Waals surface area contributed by atoms with Crippen molar-refractivity contribution in [1.29, 1.82) is 5.41 Å². The highest BCUT2D eigenvalue weighted by molar-refractivity contribution is 7.10. The molecule has 1 rings (SSSR count). The second-order valence-corrected chi connectivity index (χ2v) is 5.42. The van der Waals surface area contributed by atoms with Crippen molar-refractivity contribution in [3.63, 3.8) is 0 Å². The molecule has 0 spiro atoms. The first kappa shape index (κ1) is 14.1. The lowest BCUT2D eigenvalue weighted by molar-refractivity contribution is -0.117. The lowest BCUT2D eigenvalue weighted by Gasteiger charge is -2.02. The van der Waals surface area contributed by atoms with Gasteiger partial charge in [-0.1, -0.05) is 32.3 Å². The van der Waals surface area contributed by atoms with E-state index in [9.17, 15) is 4.79 Å². The lowest BCUT2D eigenvalue weighted by atomic mass is 10.0. The third kappa shape index (κ3) is 6.37. The molecule has 0 unspecified atom stereocenters. The van der Waals surface area contributed by atoms with Gasteiger partial charge in [-0.05, 0) is 24.3 Å². The first-order valence-electron chi connectivity index (χ1n) is 6.32. The normalized spacial score (nSPS) is 10.4. The van der Waals surface area contributed by atoms with Gasteiger partial charge in [-0.2, -0.15) is 0 Å². The standard InChI is InChI=1S/C14H21NOS/c1-2-3-4-5-7-12(15)10-13(16)11-14-8-6-9-17-14/h6,8-9,15H,2-5,7,10-11H2,1H3. The molecule has 1 heterocycles. The van der Waals surface area contributed by atoms with Crippen LogP contribution < -0.4 is 0 Å². The van der Waals surface area contributed by atoms with Crippen molar-refractivity contribution in [2.45, 2.75) is 51.9 Å². The Hall–Kier alpha value is -0.960. The summed E-state index contributed by atoms with van der Waals surface area (Å²) in [5.74, 6) is 0.174. The molecule has 1 N–H and O–H groups in total. The fourth-order valence-electron chi connectivity index (χ4n) is 1.76. The number of Topliss-reactive ketones (excluding diaryl/α,β-unsaturated/α-hetero) is 1. The number of nitrogens with one attached hydrogen (secondary N) is 1. The van der Waals surface area contributed by atoms with Gasteiger partial charge >= 0.3 is 0 Å². The van der Waals surface area contributed by atoms with Crippen molar-refractivity contribution >= 4 is 22.8 Å². The molecule has 0 fully saturated rings. The maximum atomic E-state index is 11.7. The minimum Gasteiger partial charge on any atom is -0.309 e. The fraction of sp³-hybridized carbons (Fsp3) is 0.571. The molecule has 0 radical (unpaired) electrons. The van der Waals surface area contributed by atoms with E-state index in [4.69, 9.17) is 5.41 Å². The maximum absolute atomic E-state index is 11.7. The minimum atomic E-state index is 0.174. The van der Waals surface area contributed by atoms with Crippen molar-refractivity contribution in [3.05, 3.63) is 22.4 Å². The van der Waals surface area contributed by atoms with Crippen molar-refractivity contribution in [3.8, 4) is 0 Å². The summed E-state index contributed by atoms with van der Waals surface area (Å²) in [6, 6.07) is 3.94. The number of unbranched alkanes of at least 4 members (excludes halogenated alkanes) is 3. The highest BCUT2D eigenvalue weighted by Crippen LogP contribution is 2.11. The first-order chi connectivity index (χ1) is 8.22. The summed E-state index contributed by atoms with van der Waals surface area (Å²) in [6.07, 6.45) is 6.30. The number of hydrogen-bond acceptors (Lipinski definition) is 3. The van der Waals surface area contributed by atoms with Crippen molar-refractivity contribution in [2.75, 3.05) is 0 Å². The Morgan fingerprint density at radius 3 is 2.82 bits per heavy atom. The Labute approximate surface area is 108 Å². The molecule has 1 aromatic heterocycles. The van der Waals surface area contributed by atoms with E-state index in [-0.39, 0.29) is 5.78 Å². The summed E-state index contributed by atoms with van der Waals surface area (Å²) in [7, 11) is 0. The average Bonchev–Trinajstić information content (AvgIpc) is 2.77. The topological polar surface area (TPSA) is 40.9 Å². The summed E-state index contributed by atoms with van der Waals surface area (Å²) in [5.41, 5.74) is 0.600. The van der Waals surface area contributed by atoms with Crippen LogP contribution in [0.2, 0.25) is 0 Å². The Balaban J connectivity index is 2.15. The minimum absolute atomic E-state index is 0.174. The summed E-state index contributed by atoms with van der Waals surface area (Å²) in [6.45, 7) is 2.18. The second-order valence-electron chi connectivity index (χ2n) is 4.39. The van der Waals surface area contributed by atoms with Gasteiger partial charge in [0.05, 0.1) is 0 Å². The molecule has 0 amide bonds. The van der Waals surface area contributed by atoms with Crippen LogP contribution in [0.3, 0.4) is 0 Å². The molecule has 94 valence electrons. The van der Waals surface area contributed by atoms with Gasteiger partial charge < -0.3 is 5.41 Å². The van der Waals surface area contributed by atoms with Crippen LogP contribution in [0.5, 0.6) is 0 Å². The molecule has 2 nitrogen and oxygen atoms in total. The SMILES string of the molecule is CCCCCCC(=N)CC(=O)Cc1cccs1. The van der Waals surface area contributed by atoms with E-state index in [2.05, 4.69) is 6.92 Å². The molecule has 3 heteroatoms. The predicted molar refractivity (Wildman–Crippen MR) is 74.1 cm³/mol. The van der Waals surface area contributed by atoms with Crippen LogP contribution in [0.25, 0.3) is 0 Å². The Morgan fingerprint density at radius 1 is 1.35 bits per heavy atom. The number of ketones is 1. The Kier molecular flexibility index (Phi) is 6.78. The highest BCUT2D eigenvalue weighted by atomic mass is 32.1. The molecule has 0 saturated carbocycles. The van der Waals surface area contributed by atoms with Gasteiger partial charge in [0.25, 0.3) is 0 Å². The molecule has 0 aliphatic carbocycles. The van der Waals surface area contributed by atoms with Gasteiger partial charge in [0.15, 0.2) is 0 Å². The third-order valence-electron chi connectivity index (χ3n) is 2.69. The molecular formula is C14H21NOS. The van der Waals surface area contributed by atoms with E-state index < -0.39 is 0 Å². The van der Waals surface area contributed by atoms with E-state index >= 15 is 0 Å². The number of hydrogen-bond donors (Lipinski definition) is 1. The largest absolute Gasteiger partial charge is 0.309 e. The van der Waals surface area contributed by atoms with Crippen LogP contribution in [0, 0.1) is 5.41 Å². The van der Waals surface area contributed by atoms with Crippen LogP contribution in [-0.2, 0) is 11.2 Å². The van der Waals surface area contributed by atoms with Crippen LogP contribution >= 0.6 is 11.3 Å². The van der Waals surface area contributed by atoms with E-state index in [0.717, 1.165) is 17.7 Å². The molecule has 0 bridgehead atoms. The monoisotopic (exact) mass is 251 g/mol. The zero-order valence-electron chi connectivity index (χ0n) is 10.5. The molecule has 17 heavy (non-hydrogen) atoms. The Bertz CT molecular complexity index is 343. The van der Waals surface area contributed by atoms with E-state index in [1.165, 1.54) is 19.3 Å². The molecular weight excluding hydrogens is 230 g/mol. The van der Waals surface area contributed by atoms with Crippen molar-refractivity contribution in [1.82, 2.24) is 0 Å². The van der Waals surface area contributed by atoms with Crippen LogP contribution in [0.1, 0.15) is 50.3 Å². The number of carbonyl (C=O) groups is 1. The summed E-state index contributed by atoms with van der Waals surface area (Å²) in [5, 5.41) is 9.75. The van der Waals surface area contributed by atoms with Crippen LogP contribution in [-0.4, -0.2) is 11.5 Å². The smallest absolute Gasteiger partial charge is 0.143 e. The summed E-state index contributed by atoms with van der Waals surface area (Å²) >= 11 is 1.61.